The molecule has 0 atom stereocenters. The molecule has 1 heterocycles. The van der Waals surface area contributed by atoms with Gasteiger partial charge in [0.25, 0.3) is 0 Å². The fraction of sp³-hybridized carbons (Fsp3) is 0.450. The number of hydrogen-bond acceptors (Lipinski definition) is 4. The van der Waals surface area contributed by atoms with Crippen LogP contribution in [0.2, 0.25) is 0 Å². The molecule has 0 amide bonds. The topological polar surface area (TPSA) is 68.0 Å². The number of nitrogens with one attached hydrogen (secondary N) is 2. The van der Waals surface area contributed by atoms with Crippen LogP contribution in [0.3, 0.4) is 0 Å². The van der Waals surface area contributed by atoms with E-state index in [1.165, 1.54) is 0 Å². The van der Waals surface area contributed by atoms with Gasteiger partial charge in [0.05, 0.1) is 19.9 Å². The minimum atomic E-state index is 0. The minimum Gasteiger partial charge on any atom is -0.496 e. The van der Waals surface area contributed by atoms with E-state index < -0.39 is 0 Å². The highest BCUT2D eigenvalue weighted by Gasteiger charge is 2.03. The predicted octanol–water partition coefficient (Wildman–Crippen LogP) is 3.61. The highest BCUT2D eigenvalue weighted by Crippen LogP contribution is 2.17. The molecule has 0 aliphatic heterocycles. The number of aliphatic imine (C=N–C) groups is 1. The number of rotatable bonds is 11. The van der Waals surface area contributed by atoms with Gasteiger partial charge in [-0.2, -0.15) is 0 Å². The normalized spacial score (nSPS) is 11.0. The highest BCUT2D eigenvalue weighted by molar-refractivity contribution is 14.0. The predicted molar refractivity (Wildman–Crippen MR) is 119 cm³/mol. The number of nitrogens with zero attached hydrogens (tertiary/aromatic N) is 1. The zero-order valence-corrected chi connectivity index (χ0v) is 18.4. The van der Waals surface area contributed by atoms with Gasteiger partial charge in [-0.1, -0.05) is 18.2 Å². The van der Waals surface area contributed by atoms with Gasteiger partial charge in [-0.25, -0.2) is 4.99 Å². The number of furan rings is 1. The van der Waals surface area contributed by atoms with Crippen LogP contribution in [0.5, 0.6) is 5.75 Å². The molecule has 27 heavy (non-hydrogen) atoms. The molecular formula is C20H30IN3O3. The molecule has 0 saturated carbocycles. The lowest BCUT2D eigenvalue weighted by molar-refractivity contribution is 0.145. The number of halogens is 1. The van der Waals surface area contributed by atoms with E-state index in [1.54, 1.807) is 13.4 Å². The third-order valence-electron chi connectivity index (χ3n) is 3.81. The van der Waals surface area contributed by atoms with Gasteiger partial charge in [-0.15, -0.1) is 24.0 Å². The molecule has 0 unspecified atom stereocenters. The van der Waals surface area contributed by atoms with E-state index >= 15 is 0 Å². The van der Waals surface area contributed by atoms with Gasteiger partial charge in [0.1, 0.15) is 11.5 Å². The first kappa shape index (κ1) is 23.3. The molecule has 7 heteroatoms. The first-order chi connectivity index (χ1) is 12.8. The van der Waals surface area contributed by atoms with Crippen LogP contribution in [0.1, 0.15) is 24.7 Å². The molecule has 6 nitrogen and oxygen atoms in total. The summed E-state index contributed by atoms with van der Waals surface area (Å²) in [4.78, 5) is 4.68. The van der Waals surface area contributed by atoms with Crippen LogP contribution in [0, 0.1) is 0 Å². The van der Waals surface area contributed by atoms with Gasteiger partial charge in [-0.3, -0.25) is 0 Å². The quantitative estimate of drug-likeness (QED) is 0.220. The summed E-state index contributed by atoms with van der Waals surface area (Å²) >= 11 is 0. The second-order valence-corrected chi connectivity index (χ2v) is 5.71. The molecule has 1 aromatic heterocycles. The summed E-state index contributed by atoms with van der Waals surface area (Å²) in [6.07, 6.45) is 3.43. The molecule has 0 aliphatic carbocycles. The average Bonchev–Trinajstić information content (AvgIpc) is 3.19. The lowest BCUT2D eigenvalue weighted by atomic mass is 10.2. The molecule has 0 spiro atoms. The van der Waals surface area contributed by atoms with Gasteiger partial charge >= 0.3 is 0 Å². The zero-order chi connectivity index (χ0) is 18.5. The van der Waals surface area contributed by atoms with Crippen molar-refractivity contribution in [1.29, 1.82) is 0 Å². The molecule has 2 rings (SSSR count). The smallest absolute Gasteiger partial charge is 0.191 e. The standard InChI is InChI=1S/C20H29N3O3.HI/c1-3-25-14-7-12-21-20(22-13-11-18-9-6-15-26-18)23-16-17-8-4-5-10-19(17)24-2;/h4-6,8-10,15H,3,7,11-14,16H2,1-2H3,(H2,21,22,23);1H. The van der Waals surface area contributed by atoms with Crippen molar-refractivity contribution in [3.63, 3.8) is 0 Å². The zero-order valence-electron chi connectivity index (χ0n) is 16.1. The first-order valence-corrected chi connectivity index (χ1v) is 9.07. The lowest BCUT2D eigenvalue weighted by Gasteiger charge is -2.13. The van der Waals surface area contributed by atoms with Gasteiger partial charge in [0, 0.05) is 38.3 Å². The van der Waals surface area contributed by atoms with E-state index in [2.05, 4.69) is 15.6 Å². The van der Waals surface area contributed by atoms with Gasteiger partial charge < -0.3 is 24.5 Å². The fourth-order valence-corrected chi connectivity index (χ4v) is 2.46. The van der Waals surface area contributed by atoms with E-state index in [0.29, 0.717) is 6.54 Å². The van der Waals surface area contributed by atoms with Crippen molar-refractivity contribution in [3.8, 4) is 5.75 Å². The minimum absolute atomic E-state index is 0. The molecular weight excluding hydrogens is 457 g/mol. The summed E-state index contributed by atoms with van der Waals surface area (Å²) in [5.74, 6) is 2.58. The van der Waals surface area contributed by atoms with E-state index in [4.69, 9.17) is 13.9 Å². The summed E-state index contributed by atoms with van der Waals surface area (Å²) in [7, 11) is 1.68. The molecule has 0 bridgehead atoms. The van der Waals surface area contributed by atoms with E-state index in [9.17, 15) is 0 Å². The average molecular weight is 487 g/mol. The lowest BCUT2D eigenvalue weighted by Crippen LogP contribution is -2.39. The third kappa shape index (κ3) is 9.14. The van der Waals surface area contributed by atoms with Crippen LogP contribution in [0.25, 0.3) is 0 Å². The maximum absolute atomic E-state index is 5.39. The van der Waals surface area contributed by atoms with Gasteiger partial charge in [-0.05, 0) is 31.5 Å². The maximum Gasteiger partial charge on any atom is 0.191 e. The summed E-state index contributed by atoms with van der Waals surface area (Å²) in [6.45, 7) is 5.59. The Morgan fingerprint density at radius 1 is 1.11 bits per heavy atom. The number of ether oxygens (including phenoxy) is 2. The Hall–Kier alpha value is -1.74. The number of methoxy groups -OCH3 is 1. The fourth-order valence-electron chi connectivity index (χ4n) is 2.46. The van der Waals surface area contributed by atoms with E-state index in [0.717, 1.165) is 62.2 Å². The molecule has 0 aliphatic rings. The Bertz CT molecular complexity index is 648. The van der Waals surface area contributed by atoms with Crippen molar-refractivity contribution >= 4 is 29.9 Å². The Kier molecular flexibility index (Phi) is 12.4. The largest absolute Gasteiger partial charge is 0.496 e. The van der Waals surface area contributed by atoms with Crippen molar-refractivity contribution < 1.29 is 13.9 Å². The molecule has 150 valence electrons. The van der Waals surface area contributed by atoms with Gasteiger partial charge in [0.15, 0.2) is 5.96 Å². The number of benzene rings is 1. The number of para-hydroxylation sites is 1. The Labute approximate surface area is 178 Å². The van der Waals surface area contributed by atoms with Crippen LogP contribution in [0.4, 0.5) is 0 Å². The summed E-state index contributed by atoms with van der Waals surface area (Å²) in [5, 5.41) is 6.71. The van der Waals surface area contributed by atoms with E-state index in [-0.39, 0.29) is 24.0 Å². The number of hydrogen-bond donors (Lipinski definition) is 2. The molecule has 2 N–H and O–H groups in total. The highest BCUT2D eigenvalue weighted by atomic mass is 127. The van der Waals surface area contributed by atoms with Crippen LogP contribution < -0.4 is 15.4 Å². The van der Waals surface area contributed by atoms with Crippen molar-refractivity contribution in [3.05, 3.63) is 54.0 Å². The monoisotopic (exact) mass is 487 g/mol. The second kappa shape index (κ2) is 14.3. The summed E-state index contributed by atoms with van der Waals surface area (Å²) < 4.78 is 16.1. The van der Waals surface area contributed by atoms with Crippen LogP contribution in [-0.2, 0) is 17.7 Å². The van der Waals surface area contributed by atoms with E-state index in [1.807, 2.05) is 43.3 Å². The van der Waals surface area contributed by atoms with Crippen molar-refractivity contribution in [2.24, 2.45) is 4.99 Å². The second-order valence-electron chi connectivity index (χ2n) is 5.71. The number of guanidine groups is 1. The third-order valence-corrected chi connectivity index (χ3v) is 3.81. The molecule has 0 saturated heterocycles. The van der Waals surface area contributed by atoms with Crippen LogP contribution in [0.15, 0.2) is 52.1 Å². The van der Waals surface area contributed by atoms with Gasteiger partial charge in [0.2, 0.25) is 0 Å². The van der Waals surface area contributed by atoms with Crippen molar-refractivity contribution in [1.82, 2.24) is 10.6 Å². The first-order valence-electron chi connectivity index (χ1n) is 9.07. The summed E-state index contributed by atoms with van der Waals surface area (Å²) in [5.41, 5.74) is 1.05. The Morgan fingerprint density at radius 3 is 2.67 bits per heavy atom. The Morgan fingerprint density at radius 2 is 1.93 bits per heavy atom. The van der Waals surface area contributed by atoms with Crippen molar-refractivity contribution in [2.45, 2.75) is 26.3 Å². The SMILES string of the molecule is CCOCCCNC(=NCc1ccccc1OC)NCCc1ccco1.I. The molecule has 1 aromatic carbocycles. The van der Waals surface area contributed by atoms with Crippen LogP contribution >= 0.6 is 24.0 Å². The van der Waals surface area contributed by atoms with Crippen molar-refractivity contribution in [2.75, 3.05) is 33.4 Å². The molecule has 0 radical (unpaired) electrons. The molecule has 0 fully saturated rings. The summed E-state index contributed by atoms with van der Waals surface area (Å²) in [6, 6.07) is 11.8. The molecule has 2 aromatic rings. The van der Waals surface area contributed by atoms with Crippen LogP contribution in [-0.4, -0.2) is 39.4 Å². The maximum atomic E-state index is 5.39. The Balaban J connectivity index is 0.00000364.